The van der Waals surface area contributed by atoms with Crippen LogP contribution < -0.4 is 5.32 Å². The van der Waals surface area contributed by atoms with Crippen LogP contribution in [0.2, 0.25) is 0 Å². The van der Waals surface area contributed by atoms with Crippen LogP contribution in [0.25, 0.3) is 0 Å². The third kappa shape index (κ3) is 3.03. The molecule has 0 aromatic carbocycles. The number of carbonyl (C=O) groups is 3. The number of ether oxygens (including phenoxy) is 1. The molecule has 8 nitrogen and oxygen atoms in total. The summed E-state index contributed by atoms with van der Waals surface area (Å²) in [5, 5.41) is 15.0. The SMILES string of the molecule is CC(C)(C)OC(=O)N[C@H]1CN2C=C(Cl)C(C(=O)O)(C(C)(C)C)N2C1=O. The standard InChI is InChI=1S/C16H24ClN3O5/c1-14(2,3)16(12(22)23)10(17)8-19-7-9(11(21)20(16)19)18-13(24)25-15(4,5)6/h8-9H,7H2,1-6H3,(H,18,24)(H,22,23)/t9-,16?/m0/s1. The molecule has 0 bridgehead atoms. The molecule has 2 N–H and O–H groups in total. The van der Waals surface area contributed by atoms with Gasteiger partial charge in [-0.1, -0.05) is 32.4 Å². The zero-order valence-electron chi connectivity index (χ0n) is 15.2. The predicted molar refractivity (Wildman–Crippen MR) is 90.5 cm³/mol. The lowest BCUT2D eigenvalue weighted by atomic mass is 9.73. The van der Waals surface area contributed by atoms with Gasteiger partial charge in [0, 0.05) is 11.6 Å². The Morgan fingerprint density at radius 1 is 1.32 bits per heavy atom. The van der Waals surface area contributed by atoms with Crippen LogP contribution in [0.3, 0.4) is 0 Å². The minimum absolute atomic E-state index is 0.0524. The van der Waals surface area contributed by atoms with Crippen LogP contribution in [0.5, 0.6) is 0 Å². The lowest BCUT2D eigenvalue weighted by Crippen LogP contribution is -2.63. The minimum Gasteiger partial charge on any atom is -0.479 e. The highest BCUT2D eigenvalue weighted by molar-refractivity contribution is 6.33. The molecule has 0 aromatic rings. The molecule has 2 rings (SSSR count). The zero-order chi connectivity index (χ0) is 19.4. The van der Waals surface area contributed by atoms with Crippen LogP contribution in [-0.4, -0.2) is 56.8 Å². The van der Waals surface area contributed by atoms with Crippen molar-refractivity contribution in [3.8, 4) is 0 Å². The van der Waals surface area contributed by atoms with Crippen molar-refractivity contribution >= 4 is 29.6 Å². The number of fused-ring (bicyclic) bond motifs is 1. The zero-order valence-corrected chi connectivity index (χ0v) is 16.0. The molecule has 0 aliphatic carbocycles. The number of hydrogen-bond donors (Lipinski definition) is 2. The Balaban J connectivity index is 2.31. The van der Waals surface area contributed by atoms with E-state index in [0.29, 0.717) is 0 Å². The topological polar surface area (TPSA) is 99.2 Å². The first-order chi connectivity index (χ1) is 11.2. The highest BCUT2D eigenvalue weighted by atomic mass is 35.5. The van der Waals surface area contributed by atoms with Crippen LogP contribution in [0, 0.1) is 5.41 Å². The maximum atomic E-state index is 12.9. The summed E-state index contributed by atoms with van der Waals surface area (Å²) in [6.07, 6.45) is 0.690. The van der Waals surface area contributed by atoms with E-state index < -0.39 is 40.6 Å². The van der Waals surface area contributed by atoms with Gasteiger partial charge in [0.05, 0.1) is 11.6 Å². The van der Waals surface area contributed by atoms with Gasteiger partial charge in [0.15, 0.2) is 0 Å². The summed E-state index contributed by atoms with van der Waals surface area (Å²) in [7, 11) is 0. The largest absolute Gasteiger partial charge is 0.479 e. The summed E-state index contributed by atoms with van der Waals surface area (Å²) in [6.45, 7) is 10.3. The van der Waals surface area contributed by atoms with Gasteiger partial charge in [-0.15, -0.1) is 0 Å². The molecule has 2 amide bonds. The molecule has 1 saturated heterocycles. The number of halogens is 1. The van der Waals surface area contributed by atoms with E-state index in [9.17, 15) is 19.5 Å². The first kappa shape index (κ1) is 19.4. The lowest BCUT2D eigenvalue weighted by molar-refractivity contribution is -0.171. The van der Waals surface area contributed by atoms with E-state index in [4.69, 9.17) is 16.3 Å². The summed E-state index contributed by atoms with van der Waals surface area (Å²) in [4.78, 5) is 36.9. The van der Waals surface area contributed by atoms with Gasteiger partial charge >= 0.3 is 12.1 Å². The van der Waals surface area contributed by atoms with E-state index in [0.717, 1.165) is 5.01 Å². The Morgan fingerprint density at radius 2 is 1.88 bits per heavy atom. The summed E-state index contributed by atoms with van der Waals surface area (Å²) >= 11 is 6.26. The van der Waals surface area contributed by atoms with E-state index in [-0.39, 0.29) is 11.6 Å². The molecule has 2 aliphatic rings. The highest BCUT2D eigenvalue weighted by Crippen LogP contribution is 2.49. The average molecular weight is 374 g/mol. The van der Waals surface area contributed by atoms with Gasteiger partial charge in [-0.25, -0.2) is 14.6 Å². The number of amides is 2. The number of nitrogens with one attached hydrogen (secondary N) is 1. The van der Waals surface area contributed by atoms with Crippen molar-refractivity contribution in [2.75, 3.05) is 6.54 Å². The molecule has 25 heavy (non-hydrogen) atoms. The van der Waals surface area contributed by atoms with E-state index in [1.807, 2.05) is 0 Å². The lowest BCUT2D eigenvalue weighted by Gasteiger charge is -2.44. The van der Waals surface area contributed by atoms with Crippen LogP contribution in [0.15, 0.2) is 11.2 Å². The van der Waals surface area contributed by atoms with Crippen LogP contribution >= 0.6 is 11.6 Å². The Kier molecular flexibility index (Phi) is 4.49. The third-order valence-corrected chi connectivity index (χ3v) is 4.52. The van der Waals surface area contributed by atoms with Crippen LogP contribution in [0.4, 0.5) is 4.79 Å². The fourth-order valence-electron chi connectivity index (χ4n) is 3.16. The fraction of sp³-hybridized carbons (Fsp3) is 0.688. The summed E-state index contributed by atoms with van der Waals surface area (Å²) in [5.74, 6) is -1.77. The number of carbonyl (C=O) groups excluding carboxylic acids is 2. The van der Waals surface area contributed by atoms with E-state index in [2.05, 4.69) is 5.32 Å². The Morgan fingerprint density at radius 3 is 2.32 bits per heavy atom. The molecule has 1 fully saturated rings. The Bertz CT molecular complexity index is 649. The van der Waals surface area contributed by atoms with Gasteiger partial charge in [0.25, 0.3) is 5.91 Å². The molecule has 9 heteroatoms. The molecule has 0 spiro atoms. The van der Waals surface area contributed by atoms with Gasteiger partial charge in [-0.3, -0.25) is 9.80 Å². The minimum atomic E-state index is -1.73. The van der Waals surface area contributed by atoms with Crippen molar-refractivity contribution in [3.63, 3.8) is 0 Å². The number of hydrazine groups is 1. The van der Waals surface area contributed by atoms with E-state index >= 15 is 0 Å². The number of hydrogen-bond acceptors (Lipinski definition) is 5. The second-order valence-corrected chi connectivity index (χ2v) is 8.62. The second-order valence-electron chi connectivity index (χ2n) is 8.21. The number of alkyl carbamates (subject to hydrolysis) is 1. The maximum Gasteiger partial charge on any atom is 0.408 e. The predicted octanol–water partition coefficient (Wildman–Crippen LogP) is 1.90. The van der Waals surface area contributed by atoms with Crippen LogP contribution in [0.1, 0.15) is 41.5 Å². The Hall–Kier alpha value is -1.96. The van der Waals surface area contributed by atoms with E-state index in [1.54, 1.807) is 41.5 Å². The normalized spacial score (nSPS) is 26.4. The number of rotatable bonds is 2. The highest BCUT2D eigenvalue weighted by Gasteiger charge is 2.65. The van der Waals surface area contributed by atoms with Crippen molar-refractivity contribution < 1.29 is 24.2 Å². The molecule has 2 atom stereocenters. The van der Waals surface area contributed by atoms with Gasteiger partial charge in [-0.2, -0.15) is 0 Å². The van der Waals surface area contributed by atoms with Crippen molar-refractivity contribution in [1.29, 1.82) is 0 Å². The fourth-order valence-corrected chi connectivity index (χ4v) is 3.72. The molecule has 0 saturated carbocycles. The van der Waals surface area contributed by atoms with Gasteiger partial charge in [-0.05, 0) is 20.8 Å². The molecular formula is C16H24ClN3O5. The first-order valence-corrected chi connectivity index (χ1v) is 8.31. The molecule has 2 heterocycles. The number of nitrogens with zero attached hydrogens (tertiary/aromatic N) is 2. The molecule has 0 aromatic heterocycles. The average Bonchev–Trinajstić information content (AvgIpc) is 2.81. The van der Waals surface area contributed by atoms with Crippen molar-refractivity contribution in [2.24, 2.45) is 5.41 Å². The van der Waals surface area contributed by atoms with Gasteiger partial charge in [0.2, 0.25) is 5.54 Å². The summed E-state index contributed by atoms with van der Waals surface area (Å²) in [5.41, 5.74) is -3.31. The van der Waals surface area contributed by atoms with Crippen molar-refractivity contribution in [3.05, 3.63) is 11.2 Å². The van der Waals surface area contributed by atoms with Crippen molar-refractivity contribution in [2.45, 2.75) is 58.7 Å². The molecule has 0 radical (unpaired) electrons. The summed E-state index contributed by atoms with van der Waals surface area (Å²) in [6, 6.07) is -0.919. The number of aliphatic carboxylic acids is 1. The van der Waals surface area contributed by atoms with Gasteiger partial charge < -0.3 is 15.2 Å². The molecule has 140 valence electrons. The molecule has 2 aliphatic heterocycles. The Labute approximate surface area is 151 Å². The quantitative estimate of drug-likeness (QED) is 0.767. The number of carboxylic acid groups (broad SMARTS) is 1. The second kappa shape index (κ2) is 5.79. The molecule has 1 unspecified atom stereocenters. The smallest absolute Gasteiger partial charge is 0.408 e. The van der Waals surface area contributed by atoms with Gasteiger partial charge in [0.1, 0.15) is 11.6 Å². The summed E-state index contributed by atoms with van der Waals surface area (Å²) < 4.78 is 5.16. The maximum absolute atomic E-state index is 12.9. The monoisotopic (exact) mass is 373 g/mol. The van der Waals surface area contributed by atoms with E-state index in [1.165, 1.54) is 11.2 Å². The van der Waals surface area contributed by atoms with Crippen molar-refractivity contribution in [1.82, 2.24) is 15.3 Å². The number of carboxylic acids is 1. The first-order valence-electron chi connectivity index (χ1n) is 7.93. The molecular weight excluding hydrogens is 350 g/mol. The van der Waals surface area contributed by atoms with Crippen LogP contribution in [-0.2, 0) is 14.3 Å². The third-order valence-electron chi connectivity index (χ3n) is 4.14.